The Labute approximate surface area is 175 Å². The summed E-state index contributed by atoms with van der Waals surface area (Å²) in [6.07, 6.45) is 2.37. The smallest absolute Gasteiger partial charge is 0.409 e. The molecule has 0 bridgehead atoms. The van der Waals surface area contributed by atoms with E-state index in [1.54, 1.807) is 23.9 Å². The molecular weight excluding hydrogens is 417 g/mol. The molecule has 0 saturated heterocycles. The van der Waals surface area contributed by atoms with E-state index in [-0.39, 0.29) is 12.0 Å². The number of halogens is 1. The Morgan fingerprint density at radius 2 is 1.89 bits per heavy atom. The van der Waals surface area contributed by atoms with Crippen LogP contribution in [0.1, 0.15) is 27.2 Å². The van der Waals surface area contributed by atoms with Crippen LogP contribution in [-0.4, -0.2) is 30.6 Å². The number of esters is 1. The van der Waals surface area contributed by atoms with Gasteiger partial charge >= 0.3 is 12.8 Å². The van der Waals surface area contributed by atoms with Gasteiger partial charge in [0.25, 0.3) is 0 Å². The van der Waals surface area contributed by atoms with E-state index in [1.807, 2.05) is 57.4 Å². The largest absolute Gasteiger partial charge is 0.464 e. The van der Waals surface area contributed by atoms with Gasteiger partial charge in [-0.1, -0.05) is 57.2 Å². The second-order valence-electron chi connectivity index (χ2n) is 7.68. The van der Waals surface area contributed by atoms with Crippen LogP contribution in [0.5, 0.6) is 5.75 Å². The molecule has 0 aliphatic carbocycles. The van der Waals surface area contributed by atoms with Crippen LogP contribution < -0.4 is 9.61 Å². The minimum atomic E-state index is -3.82. The Kier molecular flexibility index (Phi) is 8.26. The van der Waals surface area contributed by atoms with Gasteiger partial charge in [0.1, 0.15) is 11.8 Å². The SMILES string of the molecule is CSCCC(NP(=O)(Cl)Oc1cccc2ccccc12)C(=O)OCC(C)(C)C. The summed E-state index contributed by atoms with van der Waals surface area (Å²) >= 11 is 7.77. The molecule has 0 aliphatic heterocycles. The van der Waals surface area contributed by atoms with E-state index in [9.17, 15) is 9.36 Å². The molecule has 28 heavy (non-hydrogen) atoms. The third-order valence-electron chi connectivity index (χ3n) is 3.82. The third kappa shape index (κ3) is 7.32. The molecule has 2 rings (SSSR count). The van der Waals surface area contributed by atoms with Crippen LogP contribution in [0.2, 0.25) is 0 Å². The maximum absolute atomic E-state index is 12.9. The summed E-state index contributed by atoms with van der Waals surface area (Å²) in [6.45, 7) is 2.36. The molecule has 8 heteroatoms. The first-order valence-electron chi connectivity index (χ1n) is 9.02. The van der Waals surface area contributed by atoms with E-state index in [0.717, 1.165) is 10.8 Å². The summed E-state index contributed by atoms with van der Waals surface area (Å²) in [4.78, 5) is 12.5. The summed E-state index contributed by atoms with van der Waals surface area (Å²) < 4.78 is 23.9. The lowest BCUT2D eigenvalue weighted by molar-refractivity contribution is -0.148. The molecule has 0 radical (unpaired) electrons. The van der Waals surface area contributed by atoms with Gasteiger partial charge in [-0.2, -0.15) is 11.8 Å². The van der Waals surface area contributed by atoms with E-state index < -0.39 is 18.9 Å². The molecule has 0 aliphatic rings. The molecule has 0 aromatic heterocycles. The van der Waals surface area contributed by atoms with Crippen molar-refractivity contribution >= 4 is 46.6 Å². The predicted molar refractivity (Wildman–Crippen MR) is 118 cm³/mol. The van der Waals surface area contributed by atoms with Crippen LogP contribution in [0.3, 0.4) is 0 Å². The second-order valence-corrected chi connectivity index (χ2v) is 11.4. The highest BCUT2D eigenvalue weighted by Crippen LogP contribution is 2.50. The van der Waals surface area contributed by atoms with Gasteiger partial charge in [0, 0.05) is 16.6 Å². The first-order valence-corrected chi connectivity index (χ1v) is 12.9. The first-order chi connectivity index (χ1) is 13.1. The number of hydrogen-bond acceptors (Lipinski definition) is 5. The lowest BCUT2D eigenvalue weighted by atomic mass is 9.99. The van der Waals surface area contributed by atoms with Crippen molar-refractivity contribution in [1.29, 1.82) is 0 Å². The normalized spacial score (nSPS) is 15.0. The number of rotatable bonds is 9. The van der Waals surface area contributed by atoms with Gasteiger partial charge in [-0.3, -0.25) is 4.79 Å². The fourth-order valence-electron chi connectivity index (χ4n) is 2.47. The van der Waals surface area contributed by atoms with Crippen molar-refractivity contribution in [1.82, 2.24) is 5.09 Å². The highest BCUT2D eigenvalue weighted by atomic mass is 35.7. The lowest BCUT2D eigenvalue weighted by Gasteiger charge is -2.24. The Balaban J connectivity index is 2.14. The Hall–Kier alpha value is -1.20. The van der Waals surface area contributed by atoms with Gasteiger partial charge in [-0.05, 0) is 35.3 Å². The zero-order valence-corrected chi connectivity index (χ0v) is 19.1. The first kappa shape index (κ1) is 23.1. The molecule has 0 fully saturated rings. The predicted octanol–water partition coefficient (Wildman–Crippen LogP) is 5.87. The number of thioether (sulfide) groups is 1. The van der Waals surface area contributed by atoms with Gasteiger partial charge < -0.3 is 9.26 Å². The Morgan fingerprint density at radius 3 is 2.57 bits per heavy atom. The number of carbonyl (C=O) groups excluding carboxylic acids is 1. The number of fused-ring (bicyclic) bond motifs is 1. The summed E-state index contributed by atoms with van der Waals surface area (Å²) in [5, 5.41) is 4.43. The molecule has 1 N–H and O–H groups in total. The molecule has 0 heterocycles. The summed E-state index contributed by atoms with van der Waals surface area (Å²) in [5.74, 6) is 0.606. The highest BCUT2D eigenvalue weighted by Gasteiger charge is 2.32. The molecule has 2 atom stereocenters. The molecule has 2 unspecified atom stereocenters. The molecule has 0 spiro atoms. The van der Waals surface area contributed by atoms with E-state index >= 15 is 0 Å². The summed E-state index contributed by atoms with van der Waals surface area (Å²) in [7, 11) is 0. The molecule has 5 nitrogen and oxygen atoms in total. The number of ether oxygens (including phenoxy) is 1. The van der Waals surface area contributed by atoms with Gasteiger partial charge in [-0.25, -0.2) is 9.65 Å². The fourth-order valence-corrected chi connectivity index (χ4v) is 4.59. The monoisotopic (exact) mass is 443 g/mol. The maximum atomic E-state index is 12.9. The topological polar surface area (TPSA) is 64.6 Å². The van der Waals surface area contributed by atoms with Crippen molar-refractivity contribution in [2.75, 3.05) is 18.6 Å². The van der Waals surface area contributed by atoms with Crippen molar-refractivity contribution in [3.63, 3.8) is 0 Å². The van der Waals surface area contributed by atoms with Gasteiger partial charge in [0.15, 0.2) is 0 Å². The van der Waals surface area contributed by atoms with E-state index in [0.29, 0.717) is 17.9 Å². The third-order valence-corrected chi connectivity index (χ3v) is 6.01. The summed E-state index contributed by atoms with van der Waals surface area (Å²) in [5.41, 5.74) is -0.163. The average Bonchev–Trinajstić information content (AvgIpc) is 2.62. The van der Waals surface area contributed by atoms with Crippen molar-refractivity contribution in [2.45, 2.75) is 33.2 Å². The van der Waals surface area contributed by atoms with Crippen LogP contribution in [0.25, 0.3) is 10.8 Å². The van der Waals surface area contributed by atoms with E-state index in [2.05, 4.69) is 5.09 Å². The fraction of sp³-hybridized carbons (Fsp3) is 0.450. The van der Waals surface area contributed by atoms with Crippen molar-refractivity contribution in [3.05, 3.63) is 42.5 Å². The number of carbonyl (C=O) groups is 1. The van der Waals surface area contributed by atoms with Gasteiger partial charge in [0.2, 0.25) is 0 Å². The molecule has 0 saturated carbocycles. The maximum Gasteiger partial charge on any atom is 0.409 e. The van der Waals surface area contributed by atoms with E-state index in [1.165, 1.54) is 0 Å². The minimum Gasteiger partial charge on any atom is -0.464 e. The standard InChI is InChI=1S/C20H27ClNO4PS/c1-20(2,3)14-25-19(23)17(12-13-28-4)22-27(21,24)26-18-11-7-9-15-8-5-6-10-16(15)18/h5-11,17H,12-14H2,1-4H3,(H,22,24). The van der Waals surface area contributed by atoms with Crippen LogP contribution in [0.15, 0.2) is 42.5 Å². The highest BCUT2D eigenvalue weighted by molar-refractivity contribution is 7.98. The molecule has 0 amide bonds. The second kappa shape index (κ2) is 10.0. The minimum absolute atomic E-state index is 0.163. The average molecular weight is 444 g/mol. The van der Waals surface area contributed by atoms with Gasteiger partial charge in [0.05, 0.1) is 6.61 Å². The molecule has 2 aromatic carbocycles. The summed E-state index contributed by atoms with van der Waals surface area (Å²) in [6, 6.07) is 12.2. The van der Waals surface area contributed by atoms with Crippen molar-refractivity contribution in [3.8, 4) is 5.75 Å². The molecule has 154 valence electrons. The lowest BCUT2D eigenvalue weighted by Crippen LogP contribution is -2.38. The number of benzene rings is 2. The number of hydrogen-bond donors (Lipinski definition) is 1. The zero-order valence-electron chi connectivity index (χ0n) is 16.6. The van der Waals surface area contributed by atoms with E-state index in [4.69, 9.17) is 20.5 Å². The zero-order chi connectivity index (χ0) is 20.8. The van der Waals surface area contributed by atoms with Crippen LogP contribution >= 0.6 is 29.9 Å². The Morgan fingerprint density at radius 1 is 1.21 bits per heavy atom. The van der Waals surface area contributed by atoms with Crippen molar-refractivity contribution < 1.29 is 18.6 Å². The van der Waals surface area contributed by atoms with Gasteiger partial charge in [-0.15, -0.1) is 0 Å². The molecular formula is C20H27ClNO4PS. The quantitative estimate of drug-likeness (QED) is 0.386. The number of nitrogens with one attached hydrogen (secondary N) is 1. The Bertz CT molecular complexity index is 850. The van der Waals surface area contributed by atoms with Crippen LogP contribution in [0, 0.1) is 5.41 Å². The van der Waals surface area contributed by atoms with Crippen LogP contribution in [0.4, 0.5) is 0 Å². The van der Waals surface area contributed by atoms with Crippen LogP contribution in [-0.2, 0) is 14.1 Å². The van der Waals surface area contributed by atoms with Crippen molar-refractivity contribution in [2.24, 2.45) is 5.41 Å². The molecule has 2 aromatic rings.